The molecule has 0 heterocycles. The van der Waals surface area contributed by atoms with Crippen molar-refractivity contribution in [3.05, 3.63) is 29.3 Å². The van der Waals surface area contributed by atoms with Crippen molar-refractivity contribution in [3.8, 4) is 0 Å². The molecule has 5 heteroatoms. The summed E-state index contributed by atoms with van der Waals surface area (Å²) in [5.41, 5.74) is 3.00. The highest BCUT2D eigenvalue weighted by Gasteiger charge is 2.14. The van der Waals surface area contributed by atoms with E-state index in [1.807, 2.05) is 32.0 Å². The lowest BCUT2D eigenvalue weighted by atomic mass is 10.1. The summed E-state index contributed by atoms with van der Waals surface area (Å²) in [7, 11) is 0. The smallest absolute Gasteiger partial charge is 0.407 e. The topological polar surface area (TPSA) is 58.6 Å². The average molecular weight is 278 g/mol. The zero-order chi connectivity index (χ0) is 15.1. The predicted octanol–water partition coefficient (Wildman–Crippen LogP) is 2.40. The van der Waals surface area contributed by atoms with Crippen molar-refractivity contribution >= 4 is 17.7 Å². The largest absolute Gasteiger partial charge is 0.450 e. The molecule has 0 aliphatic rings. The van der Waals surface area contributed by atoms with E-state index >= 15 is 0 Å². The molecule has 20 heavy (non-hydrogen) atoms. The molecule has 0 saturated heterocycles. The number of benzene rings is 1. The number of anilines is 1. The molecule has 1 N–H and O–H groups in total. The first-order valence-electron chi connectivity index (χ1n) is 6.71. The van der Waals surface area contributed by atoms with Crippen molar-refractivity contribution in [2.45, 2.75) is 27.7 Å². The number of carbonyl (C=O) groups is 2. The number of amides is 2. The Morgan fingerprint density at radius 2 is 2.00 bits per heavy atom. The molecular formula is C15H22N2O3. The van der Waals surface area contributed by atoms with Crippen LogP contribution in [0.1, 0.15) is 25.0 Å². The lowest BCUT2D eigenvalue weighted by Crippen LogP contribution is -2.38. The van der Waals surface area contributed by atoms with E-state index in [0.29, 0.717) is 19.7 Å². The third kappa shape index (κ3) is 4.57. The molecule has 1 aromatic carbocycles. The molecule has 0 aliphatic carbocycles. The molecule has 0 unspecified atom stereocenters. The minimum Gasteiger partial charge on any atom is -0.450 e. The maximum absolute atomic E-state index is 11.8. The normalized spacial score (nSPS) is 10.0. The van der Waals surface area contributed by atoms with Crippen LogP contribution in [0.2, 0.25) is 0 Å². The SMILES string of the molecule is CCOC(=O)NCCN(C(C)=O)c1cc(C)ccc1C. The van der Waals surface area contributed by atoms with Crippen molar-refractivity contribution in [1.82, 2.24) is 5.32 Å². The lowest BCUT2D eigenvalue weighted by Gasteiger charge is -2.23. The summed E-state index contributed by atoms with van der Waals surface area (Å²) in [6, 6.07) is 5.97. The highest BCUT2D eigenvalue weighted by atomic mass is 16.5. The molecule has 1 aromatic rings. The Morgan fingerprint density at radius 3 is 2.60 bits per heavy atom. The average Bonchev–Trinajstić information content (AvgIpc) is 2.38. The molecule has 0 aromatic heterocycles. The van der Waals surface area contributed by atoms with Crippen LogP contribution in [-0.4, -0.2) is 31.7 Å². The van der Waals surface area contributed by atoms with Gasteiger partial charge in [-0.2, -0.15) is 0 Å². The van der Waals surface area contributed by atoms with Gasteiger partial charge in [-0.15, -0.1) is 0 Å². The molecule has 110 valence electrons. The van der Waals surface area contributed by atoms with Gasteiger partial charge in [-0.05, 0) is 38.0 Å². The second-order valence-corrected chi connectivity index (χ2v) is 4.61. The van der Waals surface area contributed by atoms with Crippen molar-refractivity contribution < 1.29 is 14.3 Å². The Labute approximate surface area is 119 Å². The van der Waals surface area contributed by atoms with Gasteiger partial charge in [0.1, 0.15) is 0 Å². The third-order valence-electron chi connectivity index (χ3n) is 2.92. The summed E-state index contributed by atoms with van der Waals surface area (Å²) in [6.07, 6.45) is -0.461. The van der Waals surface area contributed by atoms with Crippen LogP contribution in [0.15, 0.2) is 18.2 Å². The Kier molecular flexibility index (Phi) is 6.03. The Hall–Kier alpha value is -2.04. The van der Waals surface area contributed by atoms with Gasteiger partial charge in [0.2, 0.25) is 5.91 Å². The number of ether oxygens (including phenoxy) is 1. The van der Waals surface area contributed by atoms with Crippen LogP contribution in [0.5, 0.6) is 0 Å². The van der Waals surface area contributed by atoms with Gasteiger partial charge in [-0.25, -0.2) is 4.79 Å². The van der Waals surface area contributed by atoms with Gasteiger partial charge < -0.3 is 15.0 Å². The molecule has 2 amide bonds. The summed E-state index contributed by atoms with van der Waals surface area (Å²) in [5.74, 6) is -0.0515. The van der Waals surface area contributed by atoms with Gasteiger partial charge in [0, 0.05) is 25.7 Å². The fraction of sp³-hybridized carbons (Fsp3) is 0.467. The molecule has 0 aliphatic heterocycles. The number of nitrogens with one attached hydrogen (secondary N) is 1. The standard InChI is InChI=1S/C15H22N2O3/c1-5-20-15(19)16-8-9-17(13(4)18)14-10-11(2)6-7-12(14)3/h6-7,10H,5,8-9H2,1-4H3,(H,16,19). The molecule has 5 nitrogen and oxygen atoms in total. The Morgan fingerprint density at radius 1 is 1.30 bits per heavy atom. The first-order valence-corrected chi connectivity index (χ1v) is 6.71. The third-order valence-corrected chi connectivity index (χ3v) is 2.92. The van der Waals surface area contributed by atoms with Crippen LogP contribution in [-0.2, 0) is 9.53 Å². The van der Waals surface area contributed by atoms with Crippen LogP contribution >= 0.6 is 0 Å². The van der Waals surface area contributed by atoms with E-state index < -0.39 is 6.09 Å². The molecule has 0 bridgehead atoms. The number of hydrogen-bond donors (Lipinski definition) is 1. The minimum absolute atomic E-state index is 0.0515. The second kappa shape index (κ2) is 7.53. The van der Waals surface area contributed by atoms with Crippen LogP contribution < -0.4 is 10.2 Å². The number of carbonyl (C=O) groups excluding carboxylic acids is 2. The monoisotopic (exact) mass is 278 g/mol. The quantitative estimate of drug-likeness (QED) is 0.899. The molecule has 1 rings (SSSR count). The maximum Gasteiger partial charge on any atom is 0.407 e. The highest BCUT2D eigenvalue weighted by molar-refractivity contribution is 5.92. The lowest BCUT2D eigenvalue weighted by molar-refractivity contribution is -0.116. The Balaban J connectivity index is 2.72. The van der Waals surface area contributed by atoms with E-state index in [1.165, 1.54) is 6.92 Å². The van der Waals surface area contributed by atoms with Crippen molar-refractivity contribution in [3.63, 3.8) is 0 Å². The fourth-order valence-electron chi connectivity index (χ4n) is 1.91. The number of alkyl carbamates (subject to hydrolysis) is 1. The molecule has 0 saturated carbocycles. The van der Waals surface area contributed by atoms with Crippen molar-refractivity contribution in [1.29, 1.82) is 0 Å². The van der Waals surface area contributed by atoms with E-state index in [9.17, 15) is 9.59 Å². The molecule has 0 atom stereocenters. The summed E-state index contributed by atoms with van der Waals surface area (Å²) in [6.45, 7) is 8.31. The zero-order valence-electron chi connectivity index (χ0n) is 12.5. The number of nitrogens with zero attached hydrogens (tertiary/aromatic N) is 1. The summed E-state index contributed by atoms with van der Waals surface area (Å²) >= 11 is 0. The molecular weight excluding hydrogens is 256 g/mol. The van der Waals surface area contributed by atoms with Crippen LogP contribution in [0.4, 0.5) is 10.5 Å². The van der Waals surface area contributed by atoms with Gasteiger partial charge in [0.05, 0.1) is 6.61 Å². The Bertz CT molecular complexity index is 486. The summed E-state index contributed by atoms with van der Waals surface area (Å²) < 4.78 is 4.78. The molecule has 0 radical (unpaired) electrons. The fourth-order valence-corrected chi connectivity index (χ4v) is 1.91. The molecule has 0 fully saturated rings. The highest BCUT2D eigenvalue weighted by Crippen LogP contribution is 2.21. The first kappa shape index (κ1) is 16.0. The zero-order valence-corrected chi connectivity index (χ0v) is 12.5. The van der Waals surface area contributed by atoms with Gasteiger partial charge in [0.15, 0.2) is 0 Å². The van der Waals surface area contributed by atoms with E-state index in [-0.39, 0.29) is 5.91 Å². The summed E-state index contributed by atoms with van der Waals surface area (Å²) in [4.78, 5) is 24.7. The summed E-state index contributed by atoms with van der Waals surface area (Å²) in [5, 5.41) is 2.62. The van der Waals surface area contributed by atoms with E-state index in [0.717, 1.165) is 16.8 Å². The van der Waals surface area contributed by atoms with Gasteiger partial charge in [-0.1, -0.05) is 12.1 Å². The number of rotatable bonds is 5. The number of aryl methyl sites for hydroxylation is 2. The van der Waals surface area contributed by atoms with Gasteiger partial charge in [-0.3, -0.25) is 4.79 Å². The second-order valence-electron chi connectivity index (χ2n) is 4.61. The number of hydrogen-bond acceptors (Lipinski definition) is 3. The maximum atomic E-state index is 11.8. The van der Waals surface area contributed by atoms with Crippen molar-refractivity contribution in [2.75, 3.05) is 24.6 Å². The van der Waals surface area contributed by atoms with Crippen molar-refractivity contribution in [2.24, 2.45) is 0 Å². The van der Waals surface area contributed by atoms with E-state index in [4.69, 9.17) is 4.74 Å². The van der Waals surface area contributed by atoms with Crippen LogP contribution in [0.25, 0.3) is 0 Å². The van der Waals surface area contributed by atoms with Crippen LogP contribution in [0.3, 0.4) is 0 Å². The van der Waals surface area contributed by atoms with Crippen LogP contribution in [0, 0.1) is 13.8 Å². The van der Waals surface area contributed by atoms with E-state index in [1.54, 1.807) is 11.8 Å². The van der Waals surface area contributed by atoms with Gasteiger partial charge >= 0.3 is 6.09 Å². The predicted molar refractivity (Wildman–Crippen MR) is 79.0 cm³/mol. The van der Waals surface area contributed by atoms with E-state index in [2.05, 4.69) is 5.32 Å². The van der Waals surface area contributed by atoms with Gasteiger partial charge in [0.25, 0.3) is 0 Å². The first-order chi connectivity index (χ1) is 9.45. The molecule has 0 spiro atoms. The minimum atomic E-state index is -0.461.